The number of nitrogens with zero attached hydrogens (tertiary/aromatic N) is 1. The molecule has 0 radical (unpaired) electrons. The second-order valence-corrected chi connectivity index (χ2v) is 6.27. The number of benzene rings is 2. The van der Waals surface area contributed by atoms with Gasteiger partial charge in [0.05, 0.1) is 20.8 Å². The largest absolute Gasteiger partial charge is 0.497 e. The minimum Gasteiger partial charge on any atom is -0.497 e. The van der Waals surface area contributed by atoms with Crippen molar-refractivity contribution in [2.45, 2.75) is 20.4 Å². The third-order valence-corrected chi connectivity index (χ3v) is 3.85. The Morgan fingerprint density at radius 3 is 2.32 bits per heavy atom. The maximum absolute atomic E-state index is 12.3. The minimum atomic E-state index is -0.0417. The predicted molar refractivity (Wildman–Crippen MR) is 100 cm³/mol. The van der Waals surface area contributed by atoms with Gasteiger partial charge < -0.3 is 14.8 Å². The van der Waals surface area contributed by atoms with E-state index in [1.165, 1.54) is 0 Å². The molecule has 1 amide bonds. The molecule has 0 heterocycles. The third kappa shape index (κ3) is 5.50. The van der Waals surface area contributed by atoms with Gasteiger partial charge in [0, 0.05) is 23.9 Å². The molecule has 5 nitrogen and oxygen atoms in total. The zero-order valence-corrected chi connectivity index (χ0v) is 15.6. The molecule has 2 aromatic rings. The molecule has 0 aromatic heterocycles. The predicted octanol–water partition coefficient (Wildman–Crippen LogP) is 3.39. The topological polar surface area (TPSA) is 50.8 Å². The highest BCUT2D eigenvalue weighted by atomic mass is 16.5. The molecule has 25 heavy (non-hydrogen) atoms. The number of likely N-dealkylation sites (N-methyl/N-ethyl adjacent to an activating group) is 1. The van der Waals surface area contributed by atoms with Crippen LogP contribution < -0.4 is 14.8 Å². The second kappa shape index (κ2) is 8.53. The summed E-state index contributed by atoms with van der Waals surface area (Å²) in [6, 6.07) is 11.7. The molecule has 0 aliphatic carbocycles. The van der Waals surface area contributed by atoms with Crippen molar-refractivity contribution in [1.82, 2.24) is 4.90 Å². The average molecular weight is 342 g/mol. The third-order valence-electron chi connectivity index (χ3n) is 3.85. The molecular weight excluding hydrogens is 316 g/mol. The van der Waals surface area contributed by atoms with Crippen LogP contribution in [0.3, 0.4) is 0 Å². The Bertz CT molecular complexity index is 723. The summed E-state index contributed by atoms with van der Waals surface area (Å²) >= 11 is 0. The number of rotatable bonds is 7. The lowest BCUT2D eigenvalue weighted by atomic mass is 10.1. The van der Waals surface area contributed by atoms with Crippen LogP contribution in [0.4, 0.5) is 5.69 Å². The van der Waals surface area contributed by atoms with Crippen molar-refractivity contribution in [3.05, 3.63) is 53.1 Å². The van der Waals surface area contributed by atoms with E-state index in [0.29, 0.717) is 13.1 Å². The van der Waals surface area contributed by atoms with Gasteiger partial charge in [-0.25, -0.2) is 0 Å². The lowest BCUT2D eigenvalue weighted by Gasteiger charge is -2.18. The van der Waals surface area contributed by atoms with Gasteiger partial charge >= 0.3 is 0 Å². The van der Waals surface area contributed by atoms with Crippen molar-refractivity contribution < 1.29 is 14.3 Å². The smallest absolute Gasteiger partial charge is 0.238 e. The summed E-state index contributed by atoms with van der Waals surface area (Å²) in [6.45, 7) is 4.94. The molecule has 0 bridgehead atoms. The molecule has 0 saturated carbocycles. The fraction of sp³-hybridized carbons (Fsp3) is 0.350. The number of carbonyl (C=O) groups is 1. The van der Waals surface area contributed by atoms with E-state index in [1.807, 2.05) is 56.1 Å². The van der Waals surface area contributed by atoms with Crippen LogP contribution in [0.25, 0.3) is 0 Å². The summed E-state index contributed by atoms with van der Waals surface area (Å²) in [5.74, 6) is 1.46. The molecule has 0 aliphatic heterocycles. The number of anilines is 1. The van der Waals surface area contributed by atoms with Gasteiger partial charge in [-0.2, -0.15) is 0 Å². The standard InChI is InChI=1S/C20H26N2O3/c1-14-8-15(2)10-17(9-14)21-20(23)13-22(3)12-16-6-7-18(24-4)11-19(16)25-5/h6-11H,12-13H2,1-5H3,(H,21,23). The summed E-state index contributed by atoms with van der Waals surface area (Å²) in [5.41, 5.74) is 4.10. The van der Waals surface area contributed by atoms with Crippen molar-refractivity contribution >= 4 is 11.6 Å². The molecular formula is C20H26N2O3. The van der Waals surface area contributed by atoms with Gasteiger partial charge in [-0.1, -0.05) is 12.1 Å². The van der Waals surface area contributed by atoms with Gasteiger partial charge in [0.1, 0.15) is 11.5 Å². The fourth-order valence-corrected chi connectivity index (χ4v) is 2.82. The number of methoxy groups -OCH3 is 2. The van der Waals surface area contributed by atoms with Crippen LogP contribution >= 0.6 is 0 Å². The maximum Gasteiger partial charge on any atom is 0.238 e. The summed E-state index contributed by atoms with van der Waals surface area (Å²) in [5, 5.41) is 2.96. The maximum atomic E-state index is 12.3. The van der Waals surface area contributed by atoms with Crippen molar-refractivity contribution in [1.29, 1.82) is 0 Å². The number of carbonyl (C=O) groups excluding carboxylic acids is 1. The molecule has 0 aliphatic rings. The first-order valence-electron chi connectivity index (χ1n) is 8.19. The highest BCUT2D eigenvalue weighted by molar-refractivity contribution is 5.92. The van der Waals surface area contributed by atoms with Gasteiger partial charge in [-0.15, -0.1) is 0 Å². The average Bonchev–Trinajstić information content (AvgIpc) is 2.53. The number of hydrogen-bond acceptors (Lipinski definition) is 4. The van der Waals surface area contributed by atoms with Crippen LogP contribution in [0.15, 0.2) is 36.4 Å². The number of hydrogen-bond donors (Lipinski definition) is 1. The lowest BCUT2D eigenvalue weighted by molar-refractivity contribution is -0.117. The van der Waals surface area contributed by atoms with Gasteiger partial charge in [0.2, 0.25) is 5.91 Å². The Morgan fingerprint density at radius 1 is 1.04 bits per heavy atom. The highest BCUT2D eigenvalue weighted by Crippen LogP contribution is 2.25. The summed E-state index contributed by atoms with van der Waals surface area (Å²) in [7, 11) is 5.16. The lowest BCUT2D eigenvalue weighted by Crippen LogP contribution is -2.30. The molecule has 0 fully saturated rings. The monoisotopic (exact) mass is 342 g/mol. The van der Waals surface area contributed by atoms with E-state index < -0.39 is 0 Å². The van der Waals surface area contributed by atoms with Crippen LogP contribution in [0.1, 0.15) is 16.7 Å². The van der Waals surface area contributed by atoms with Gasteiger partial charge in [-0.3, -0.25) is 9.69 Å². The summed E-state index contributed by atoms with van der Waals surface area (Å²) in [6.07, 6.45) is 0. The van der Waals surface area contributed by atoms with Crippen LogP contribution in [0.2, 0.25) is 0 Å². The van der Waals surface area contributed by atoms with Crippen molar-refractivity contribution in [2.75, 3.05) is 33.1 Å². The van der Waals surface area contributed by atoms with E-state index in [2.05, 4.69) is 11.4 Å². The van der Waals surface area contributed by atoms with E-state index in [9.17, 15) is 4.79 Å². The van der Waals surface area contributed by atoms with E-state index >= 15 is 0 Å². The van der Waals surface area contributed by atoms with E-state index in [0.717, 1.165) is 33.9 Å². The minimum absolute atomic E-state index is 0.0417. The first-order valence-corrected chi connectivity index (χ1v) is 8.19. The van der Waals surface area contributed by atoms with E-state index in [-0.39, 0.29) is 5.91 Å². The molecule has 0 saturated heterocycles. The zero-order valence-electron chi connectivity index (χ0n) is 15.6. The zero-order chi connectivity index (χ0) is 18.4. The van der Waals surface area contributed by atoms with Crippen LogP contribution in [-0.2, 0) is 11.3 Å². The fourth-order valence-electron chi connectivity index (χ4n) is 2.82. The second-order valence-electron chi connectivity index (χ2n) is 6.27. The Labute approximate surface area is 149 Å². The molecule has 0 unspecified atom stereocenters. The van der Waals surface area contributed by atoms with Crippen LogP contribution in [-0.4, -0.2) is 38.6 Å². The summed E-state index contributed by atoms with van der Waals surface area (Å²) in [4.78, 5) is 14.2. The Balaban J connectivity index is 1.97. The number of ether oxygens (including phenoxy) is 2. The van der Waals surface area contributed by atoms with E-state index in [4.69, 9.17) is 9.47 Å². The first kappa shape index (κ1) is 18.8. The number of nitrogens with one attached hydrogen (secondary N) is 1. The Hall–Kier alpha value is -2.53. The van der Waals surface area contributed by atoms with Gasteiger partial charge in [-0.05, 0) is 50.2 Å². The first-order chi connectivity index (χ1) is 11.9. The van der Waals surface area contributed by atoms with Crippen molar-refractivity contribution in [3.63, 3.8) is 0 Å². The van der Waals surface area contributed by atoms with Gasteiger partial charge in [0.25, 0.3) is 0 Å². The molecule has 1 N–H and O–H groups in total. The van der Waals surface area contributed by atoms with Crippen LogP contribution in [0.5, 0.6) is 11.5 Å². The molecule has 0 spiro atoms. The quantitative estimate of drug-likeness (QED) is 0.838. The Kier molecular flexibility index (Phi) is 6.42. The molecule has 2 aromatic carbocycles. The van der Waals surface area contributed by atoms with Crippen molar-refractivity contribution in [3.8, 4) is 11.5 Å². The van der Waals surface area contributed by atoms with Gasteiger partial charge in [0.15, 0.2) is 0 Å². The Morgan fingerprint density at radius 2 is 1.72 bits per heavy atom. The SMILES string of the molecule is COc1ccc(CN(C)CC(=O)Nc2cc(C)cc(C)c2)c(OC)c1. The molecule has 134 valence electrons. The van der Waals surface area contributed by atoms with Crippen molar-refractivity contribution in [2.24, 2.45) is 0 Å². The molecule has 2 rings (SSSR count). The number of aryl methyl sites for hydroxylation is 2. The highest BCUT2D eigenvalue weighted by Gasteiger charge is 2.11. The van der Waals surface area contributed by atoms with Crippen LogP contribution in [0, 0.1) is 13.8 Å². The summed E-state index contributed by atoms with van der Waals surface area (Å²) < 4.78 is 10.6. The normalized spacial score (nSPS) is 10.6. The van der Waals surface area contributed by atoms with E-state index in [1.54, 1.807) is 14.2 Å². The number of amides is 1. The molecule has 0 atom stereocenters. The molecule has 5 heteroatoms.